The van der Waals surface area contributed by atoms with Crippen molar-refractivity contribution in [3.63, 3.8) is 0 Å². The van der Waals surface area contributed by atoms with E-state index in [2.05, 4.69) is 81.4 Å². The van der Waals surface area contributed by atoms with Gasteiger partial charge in [0.05, 0.1) is 0 Å². The molecule has 0 saturated heterocycles. The Hall–Kier alpha value is -1.30. The number of benzene rings is 1. The van der Waals surface area contributed by atoms with Gasteiger partial charge in [-0.15, -0.1) is 36.6 Å². The molecule has 7 heteroatoms. The molecule has 2 aliphatic rings. The molecule has 0 spiro atoms. The quantitative estimate of drug-likeness (QED) is 0.284. The minimum Gasteiger partial charge on any atom is -0.753 e. The van der Waals surface area contributed by atoms with E-state index >= 15 is 0 Å². The first-order chi connectivity index (χ1) is 11.2. The molecule has 120 valence electrons. The molecule has 0 bridgehead atoms. The van der Waals surface area contributed by atoms with E-state index in [1.165, 1.54) is 21.4 Å². The van der Waals surface area contributed by atoms with Crippen molar-refractivity contribution in [2.24, 2.45) is 0 Å². The Kier molecular flexibility index (Phi) is 13.5. The predicted molar refractivity (Wildman–Crippen MR) is 110 cm³/mol. The second-order valence-electron chi connectivity index (χ2n) is 4.11. The standard InChI is InChI=1S/C12H10N2.2CNS.2CH3.Sn/c1-3-9-5-6-10-4-2-8-14-12(10)11(9)13-7-1;2*2-1-3;;;/h1-6H,7-8H2;;;2*1H3;/q-2;2*-1;;;. The summed E-state index contributed by atoms with van der Waals surface area (Å²) in [7, 11) is 0. The van der Waals surface area contributed by atoms with Gasteiger partial charge in [-0.25, -0.2) is 0 Å². The third-order valence-corrected chi connectivity index (χ3v) is 2.52. The number of nitrogens with zero attached hydrogens (tertiary/aromatic N) is 4. The molecule has 0 unspecified atom stereocenters. The van der Waals surface area contributed by atoms with Gasteiger partial charge in [-0.1, -0.05) is 48.7 Å². The zero-order chi connectivity index (χ0) is 17.5. The molecule has 2 aliphatic heterocycles. The van der Waals surface area contributed by atoms with Gasteiger partial charge in [0.15, 0.2) is 0 Å². The summed E-state index contributed by atoms with van der Waals surface area (Å²) in [6.07, 6.45) is 8.40. The fourth-order valence-corrected chi connectivity index (χ4v) is 1.86. The second kappa shape index (κ2) is 14.3. The SMILES string of the molecule is C1=Cc2ccc3c(c2[N-]C1)[N-]CC=C3.[CH3][Sn][CH3].[N-]=C=S.[N-]=C=S. The maximum atomic E-state index is 7.13. The number of hydrogen-bond donors (Lipinski definition) is 0. The van der Waals surface area contributed by atoms with Crippen molar-refractivity contribution in [3.05, 3.63) is 56.9 Å². The van der Waals surface area contributed by atoms with Gasteiger partial charge < -0.3 is 21.5 Å². The van der Waals surface area contributed by atoms with Gasteiger partial charge >= 0.3 is 31.0 Å². The number of hydrogen-bond acceptors (Lipinski definition) is 2. The predicted octanol–water partition coefficient (Wildman–Crippen LogP) is 5.85. The summed E-state index contributed by atoms with van der Waals surface area (Å²) in [4.78, 5) is 4.59. The van der Waals surface area contributed by atoms with E-state index in [0.717, 1.165) is 24.5 Å². The molecule has 3 rings (SSSR count). The number of rotatable bonds is 0. The number of fused-ring (bicyclic) bond motifs is 3. The maximum Gasteiger partial charge on any atom is -0.0548 e. The van der Waals surface area contributed by atoms with Crippen LogP contribution in [0.25, 0.3) is 33.6 Å². The van der Waals surface area contributed by atoms with Crippen LogP contribution < -0.4 is 0 Å². The third-order valence-electron chi connectivity index (χ3n) is 2.52. The molecule has 2 radical (unpaired) electrons. The Morgan fingerprint density at radius 3 is 1.52 bits per heavy atom. The summed E-state index contributed by atoms with van der Waals surface area (Å²) in [5.74, 6) is 0. The molecule has 0 atom stereocenters. The fraction of sp³-hybridized carbons (Fsp3) is 0.250. The van der Waals surface area contributed by atoms with Crippen LogP contribution in [0.15, 0.2) is 24.3 Å². The molecule has 0 fully saturated rings. The van der Waals surface area contributed by atoms with Crippen LogP contribution in [0.1, 0.15) is 11.1 Å². The first kappa shape index (κ1) is 21.7. The molecule has 4 nitrogen and oxygen atoms in total. The Morgan fingerprint density at radius 2 is 1.22 bits per heavy atom. The van der Waals surface area contributed by atoms with E-state index in [1.807, 2.05) is 0 Å². The van der Waals surface area contributed by atoms with E-state index in [1.54, 1.807) is 0 Å². The zero-order valence-electron chi connectivity index (χ0n) is 13.0. The van der Waals surface area contributed by atoms with E-state index in [9.17, 15) is 0 Å². The first-order valence-electron chi connectivity index (χ1n) is 6.66. The fourth-order valence-electron chi connectivity index (χ4n) is 1.86. The molecule has 0 aromatic heterocycles. The van der Waals surface area contributed by atoms with Gasteiger partial charge in [0, 0.05) is 0 Å². The molecule has 2 heterocycles. The summed E-state index contributed by atoms with van der Waals surface area (Å²) in [5.41, 5.74) is 4.51. The Balaban J connectivity index is 0.000000457. The van der Waals surface area contributed by atoms with Crippen molar-refractivity contribution in [2.75, 3.05) is 13.1 Å². The smallest absolute Gasteiger partial charge is 0.0548 e. The average Bonchev–Trinajstić information content (AvgIpc) is 2.57. The van der Waals surface area contributed by atoms with Gasteiger partial charge in [0.1, 0.15) is 0 Å². The van der Waals surface area contributed by atoms with Crippen molar-refractivity contribution < 1.29 is 0 Å². The molecule has 1 aromatic carbocycles. The average molecular weight is 447 g/mol. The van der Waals surface area contributed by atoms with Crippen LogP contribution in [0.5, 0.6) is 0 Å². The van der Waals surface area contributed by atoms with Gasteiger partial charge in [0.25, 0.3) is 0 Å². The number of thiocarbonyl (C=S) groups is 2. The van der Waals surface area contributed by atoms with Crippen molar-refractivity contribution in [2.45, 2.75) is 9.88 Å². The summed E-state index contributed by atoms with van der Waals surface area (Å²) >= 11 is 7.63. The van der Waals surface area contributed by atoms with Crippen LogP contribution in [0.3, 0.4) is 0 Å². The van der Waals surface area contributed by atoms with Crippen LogP contribution in [0.4, 0.5) is 11.4 Å². The summed E-state index contributed by atoms with van der Waals surface area (Å²) in [5, 5.41) is 25.9. The Bertz CT molecular complexity index is 562. The largest absolute Gasteiger partial charge is 0.753 e. The van der Waals surface area contributed by atoms with Crippen LogP contribution >= 0.6 is 24.4 Å². The summed E-state index contributed by atoms with van der Waals surface area (Å²) < 4.78 is 0. The molecule has 0 amide bonds. The monoisotopic (exact) mass is 448 g/mol. The normalized spacial score (nSPS) is 11.6. The summed E-state index contributed by atoms with van der Waals surface area (Å²) in [6.45, 7) is 1.56. The van der Waals surface area contributed by atoms with Gasteiger partial charge in [0.2, 0.25) is 0 Å². The minimum absolute atomic E-state index is 0.230. The van der Waals surface area contributed by atoms with E-state index in [-0.39, 0.29) is 21.1 Å². The Labute approximate surface area is 158 Å². The maximum absolute atomic E-state index is 7.13. The molecule has 0 N–H and O–H groups in total. The molecular formula is C16H16N4S2Sn-4. The van der Waals surface area contributed by atoms with E-state index < -0.39 is 0 Å². The van der Waals surface area contributed by atoms with Crippen LogP contribution in [-0.4, -0.2) is 44.6 Å². The zero-order valence-corrected chi connectivity index (χ0v) is 17.5. The molecule has 0 saturated carbocycles. The van der Waals surface area contributed by atoms with Crippen LogP contribution in [0, 0.1) is 0 Å². The van der Waals surface area contributed by atoms with Crippen LogP contribution in [0.2, 0.25) is 9.88 Å². The Morgan fingerprint density at radius 1 is 0.913 bits per heavy atom. The van der Waals surface area contributed by atoms with Crippen LogP contribution in [-0.2, 0) is 0 Å². The van der Waals surface area contributed by atoms with Crippen molar-refractivity contribution in [1.82, 2.24) is 0 Å². The van der Waals surface area contributed by atoms with E-state index in [0.29, 0.717) is 0 Å². The van der Waals surface area contributed by atoms with Crippen molar-refractivity contribution >= 4 is 79.4 Å². The van der Waals surface area contributed by atoms with Crippen molar-refractivity contribution in [3.8, 4) is 0 Å². The third kappa shape index (κ3) is 8.21. The topological polar surface area (TPSA) is 72.8 Å². The molecular weight excluding hydrogens is 431 g/mol. The molecule has 1 aromatic rings. The van der Waals surface area contributed by atoms with Crippen molar-refractivity contribution in [1.29, 1.82) is 0 Å². The molecule has 23 heavy (non-hydrogen) atoms. The van der Waals surface area contributed by atoms with Gasteiger partial charge in [-0.2, -0.15) is 10.3 Å². The second-order valence-corrected chi connectivity index (χ2v) is 7.33. The van der Waals surface area contributed by atoms with Gasteiger partial charge in [-0.05, 0) is 11.1 Å². The number of isothiocyanates is 2. The minimum atomic E-state index is 0.230. The molecule has 0 aliphatic carbocycles. The first-order valence-corrected chi connectivity index (χ1v) is 13.2. The van der Waals surface area contributed by atoms with Gasteiger partial charge in [-0.3, -0.25) is 0 Å². The van der Waals surface area contributed by atoms with E-state index in [4.69, 9.17) is 10.8 Å². The summed E-state index contributed by atoms with van der Waals surface area (Å²) in [6, 6.07) is 4.22.